The molecule has 0 spiro atoms. The van der Waals surface area contributed by atoms with Crippen LogP contribution in [0.25, 0.3) is 11.1 Å². The third-order valence-corrected chi connectivity index (χ3v) is 7.30. The summed E-state index contributed by atoms with van der Waals surface area (Å²) in [5, 5.41) is 14.7. The van der Waals surface area contributed by atoms with Crippen molar-refractivity contribution in [1.82, 2.24) is 10.6 Å². The number of carbonyl (C=O) groups is 3. The number of carboxylic acid groups (broad SMARTS) is 1. The Morgan fingerprint density at radius 1 is 0.971 bits per heavy atom. The van der Waals surface area contributed by atoms with Crippen LogP contribution in [0, 0.1) is 23.7 Å². The average molecular weight is 463 g/mol. The molecule has 2 amide bonds. The number of aliphatic carboxylic acids is 1. The van der Waals surface area contributed by atoms with Crippen molar-refractivity contribution in [2.75, 3.05) is 19.7 Å². The Balaban J connectivity index is 1.13. The van der Waals surface area contributed by atoms with Crippen LogP contribution < -0.4 is 10.6 Å². The van der Waals surface area contributed by atoms with Crippen molar-refractivity contribution >= 4 is 18.0 Å². The first-order valence-electron chi connectivity index (χ1n) is 12.1. The molecule has 0 aromatic heterocycles. The number of amides is 2. The van der Waals surface area contributed by atoms with Crippen LogP contribution >= 0.6 is 0 Å². The van der Waals surface area contributed by atoms with Gasteiger partial charge in [-0.2, -0.15) is 0 Å². The van der Waals surface area contributed by atoms with Gasteiger partial charge in [-0.25, -0.2) is 4.79 Å². The van der Waals surface area contributed by atoms with E-state index in [9.17, 15) is 14.4 Å². The van der Waals surface area contributed by atoms with E-state index >= 15 is 0 Å². The maximum absolute atomic E-state index is 12.7. The number of hydrogen-bond donors (Lipinski definition) is 3. The van der Waals surface area contributed by atoms with Crippen molar-refractivity contribution in [2.24, 2.45) is 23.7 Å². The second-order valence-electron chi connectivity index (χ2n) is 9.77. The number of rotatable bonds is 10. The van der Waals surface area contributed by atoms with Gasteiger partial charge in [-0.1, -0.05) is 61.4 Å². The Morgan fingerprint density at radius 3 is 2.21 bits per heavy atom. The van der Waals surface area contributed by atoms with Gasteiger partial charge < -0.3 is 20.5 Å². The third-order valence-electron chi connectivity index (χ3n) is 7.30. The number of ether oxygens (including phenoxy) is 1. The maximum atomic E-state index is 12.7. The topological polar surface area (TPSA) is 105 Å². The summed E-state index contributed by atoms with van der Waals surface area (Å²) in [5.41, 5.74) is 4.66. The lowest BCUT2D eigenvalue weighted by Crippen LogP contribution is -2.40. The Labute approximate surface area is 198 Å². The van der Waals surface area contributed by atoms with Gasteiger partial charge in [0.2, 0.25) is 5.91 Å². The highest BCUT2D eigenvalue weighted by atomic mass is 16.5. The van der Waals surface area contributed by atoms with Crippen molar-refractivity contribution in [3.05, 3.63) is 59.7 Å². The maximum Gasteiger partial charge on any atom is 0.407 e. The summed E-state index contributed by atoms with van der Waals surface area (Å²) in [5.74, 6) is -1.08. The van der Waals surface area contributed by atoms with E-state index in [1.807, 2.05) is 24.3 Å². The Kier molecular flexibility index (Phi) is 6.26. The zero-order valence-corrected chi connectivity index (χ0v) is 19.0. The highest BCUT2D eigenvalue weighted by molar-refractivity contribution is 5.81. The monoisotopic (exact) mass is 462 g/mol. The van der Waals surface area contributed by atoms with Crippen LogP contribution in [0.2, 0.25) is 0 Å². The van der Waals surface area contributed by atoms with Crippen LogP contribution in [0.1, 0.15) is 42.7 Å². The summed E-state index contributed by atoms with van der Waals surface area (Å²) in [6.45, 7) is 0.825. The lowest BCUT2D eigenvalue weighted by Gasteiger charge is -2.18. The number of carbonyl (C=O) groups excluding carboxylic acids is 2. The third kappa shape index (κ3) is 4.93. The van der Waals surface area contributed by atoms with Gasteiger partial charge in [0.15, 0.2) is 0 Å². The molecule has 2 aromatic rings. The molecule has 0 bridgehead atoms. The van der Waals surface area contributed by atoms with Crippen LogP contribution in [0.4, 0.5) is 4.79 Å². The van der Waals surface area contributed by atoms with E-state index < -0.39 is 12.1 Å². The number of benzene rings is 2. The van der Waals surface area contributed by atoms with E-state index in [4.69, 9.17) is 9.84 Å². The lowest BCUT2D eigenvalue weighted by molar-refractivity contribution is -0.139. The van der Waals surface area contributed by atoms with Crippen molar-refractivity contribution in [3.63, 3.8) is 0 Å². The molecule has 2 fully saturated rings. The van der Waals surface area contributed by atoms with E-state index in [0.29, 0.717) is 18.9 Å². The van der Waals surface area contributed by atoms with E-state index in [1.54, 1.807) is 0 Å². The fourth-order valence-corrected chi connectivity index (χ4v) is 5.05. The van der Waals surface area contributed by atoms with Crippen molar-refractivity contribution in [1.29, 1.82) is 0 Å². The molecule has 0 saturated heterocycles. The molecule has 7 nitrogen and oxygen atoms in total. The number of hydrogen-bond acceptors (Lipinski definition) is 4. The van der Waals surface area contributed by atoms with Gasteiger partial charge in [0.05, 0.1) is 11.8 Å². The molecule has 3 N–H and O–H groups in total. The summed E-state index contributed by atoms with van der Waals surface area (Å²) in [4.78, 5) is 36.2. The molecule has 5 rings (SSSR count). The minimum absolute atomic E-state index is 0.00978. The van der Waals surface area contributed by atoms with Crippen LogP contribution in [-0.2, 0) is 14.3 Å². The fraction of sp³-hybridized carbons (Fsp3) is 0.444. The van der Waals surface area contributed by atoms with Gasteiger partial charge in [-0.15, -0.1) is 0 Å². The standard InChI is InChI=1S/C27H30N2O5/c30-25(28-13-17-12-23(17)26(31)32)18(11-16-9-10-16)14-29-27(33)34-15-24-21-7-3-1-5-19(21)20-6-2-4-8-22(20)24/h1-8,16-18,23-24H,9-15H2,(H,28,30)(H,29,33)(H,31,32). The average Bonchev–Trinajstić information content (AvgIpc) is 3.77. The second-order valence-corrected chi connectivity index (χ2v) is 9.77. The zero-order chi connectivity index (χ0) is 23.7. The molecule has 3 atom stereocenters. The lowest BCUT2D eigenvalue weighted by atomic mass is 9.98. The van der Waals surface area contributed by atoms with Crippen LogP contribution in [0.15, 0.2) is 48.5 Å². The highest BCUT2D eigenvalue weighted by Crippen LogP contribution is 2.44. The summed E-state index contributed by atoms with van der Waals surface area (Å²) in [6, 6.07) is 16.4. The molecule has 3 unspecified atom stereocenters. The molecule has 34 heavy (non-hydrogen) atoms. The molecule has 0 heterocycles. The second kappa shape index (κ2) is 9.49. The first kappa shape index (κ1) is 22.4. The van der Waals surface area contributed by atoms with E-state index in [0.717, 1.165) is 30.4 Å². The fourth-order valence-electron chi connectivity index (χ4n) is 5.05. The summed E-state index contributed by atoms with van der Waals surface area (Å²) >= 11 is 0. The van der Waals surface area contributed by atoms with Crippen molar-refractivity contribution in [2.45, 2.75) is 31.6 Å². The molecule has 0 radical (unpaired) electrons. The van der Waals surface area contributed by atoms with Crippen LogP contribution in [0.5, 0.6) is 0 Å². The highest BCUT2D eigenvalue weighted by Gasteiger charge is 2.43. The van der Waals surface area contributed by atoms with Gasteiger partial charge in [-0.3, -0.25) is 9.59 Å². The largest absolute Gasteiger partial charge is 0.481 e. The molecule has 2 aromatic carbocycles. The van der Waals surface area contributed by atoms with Gasteiger partial charge in [-0.05, 0) is 46.9 Å². The van der Waals surface area contributed by atoms with Crippen molar-refractivity contribution < 1.29 is 24.2 Å². The van der Waals surface area contributed by atoms with Crippen LogP contribution in [0.3, 0.4) is 0 Å². The first-order valence-corrected chi connectivity index (χ1v) is 12.1. The number of nitrogens with one attached hydrogen (secondary N) is 2. The molecule has 7 heteroatoms. The minimum atomic E-state index is -0.800. The smallest absolute Gasteiger partial charge is 0.407 e. The van der Waals surface area contributed by atoms with E-state index in [-0.39, 0.29) is 42.7 Å². The number of alkyl carbamates (subject to hydrolysis) is 1. The Morgan fingerprint density at radius 2 is 1.62 bits per heavy atom. The number of fused-ring (bicyclic) bond motifs is 3. The van der Waals surface area contributed by atoms with E-state index in [2.05, 4.69) is 34.9 Å². The quantitative estimate of drug-likeness (QED) is 0.498. The predicted octanol–water partition coefficient (Wildman–Crippen LogP) is 3.78. The Hall–Kier alpha value is -3.35. The normalized spacial score (nSPS) is 21.2. The molecule has 178 valence electrons. The predicted molar refractivity (Wildman–Crippen MR) is 126 cm³/mol. The molecule has 2 saturated carbocycles. The van der Waals surface area contributed by atoms with E-state index in [1.165, 1.54) is 11.1 Å². The van der Waals surface area contributed by atoms with Crippen molar-refractivity contribution in [3.8, 4) is 11.1 Å². The Bertz CT molecular complexity index is 1050. The van der Waals surface area contributed by atoms with Gasteiger partial charge in [0.25, 0.3) is 0 Å². The summed E-state index contributed by atoms with van der Waals surface area (Å²) in [6.07, 6.45) is 3.03. The zero-order valence-electron chi connectivity index (χ0n) is 19.0. The summed E-state index contributed by atoms with van der Waals surface area (Å²) in [7, 11) is 0. The van der Waals surface area contributed by atoms with Gasteiger partial charge in [0, 0.05) is 19.0 Å². The van der Waals surface area contributed by atoms with Crippen LogP contribution in [-0.4, -0.2) is 42.8 Å². The number of carboxylic acids is 1. The SMILES string of the molecule is O=C(NCC(CC1CC1)C(=O)NCC1CC1C(=O)O)OCC1c2ccccc2-c2ccccc21. The molecular weight excluding hydrogens is 432 g/mol. The van der Waals surface area contributed by atoms with Gasteiger partial charge in [0.1, 0.15) is 6.61 Å². The summed E-state index contributed by atoms with van der Waals surface area (Å²) < 4.78 is 5.59. The molecule has 3 aliphatic carbocycles. The molecule has 3 aliphatic rings. The van der Waals surface area contributed by atoms with Gasteiger partial charge >= 0.3 is 12.1 Å². The first-order chi connectivity index (χ1) is 16.5. The molecule has 0 aliphatic heterocycles. The molecular formula is C27H30N2O5. The minimum Gasteiger partial charge on any atom is -0.481 e.